The van der Waals surface area contributed by atoms with Crippen LogP contribution in [0.25, 0.3) is 0 Å². The predicted molar refractivity (Wildman–Crippen MR) is 75.8 cm³/mol. The molecule has 0 radical (unpaired) electrons. The van der Waals surface area contributed by atoms with Gasteiger partial charge in [0, 0.05) is 35.1 Å². The maximum Gasteiger partial charge on any atom is 0.253 e. The van der Waals surface area contributed by atoms with Crippen LogP contribution in [0.2, 0.25) is 5.02 Å². The second-order valence-corrected chi connectivity index (χ2v) is 5.34. The number of rotatable bonds is 4. The summed E-state index contributed by atoms with van der Waals surface area (Å²) < 4.78 is 0. The molecule has 94 valence electrons. The van der Waals surface area contributed by atoms with Gasteiger partial charge in [0.1, 0.15) is 0 Å². The van der Waals surface area contributed by atoms with Crippen LogP contribution in [0.15, 0.2) is 18.2 Å². The van der Waals surface area contributed by atoms with E-state index >= 15 is 0 Å². The van der Waals surface area contributed by atoms with E-state index in [9.17, 15) is 4.79 Å². The number of hydrogen-bond acceptors (Lipinski definition) is 3. The Labute approximate surface area is 111 Å². The quantitative estimate of drug-likeness (QED) is 0.858. The largest absolute Gasteiger partial charge is 0.399 e. The number of nitrogens with two attached hydrogens (primary N) is 1. The first-order chi connectivity index (χ1) is 7.95. The molecule has 5 heteroatoms. The first-order valence-electron chi connectivity index (χ1n) is 5.28. The molecule has 0 saturated carbocycles. The molecule has 1 unspecified atom stereocenters. The maximum absolute atomic E-state index is 12.2. The Morgan fingerprint density at radius 1 is 1.53 bits per heavy atom. The Morgan fingerprint density at radius 2 is 2.18 bits per heavy atom. The average molecular weight is 273 g/mol. The number of halogens is 1. The number of carbonyl (C=O) groups is 1. The van der Waals surface area contributed by atoms with Gasteiger partial charge in [0.25, 0.3) is 5.91 Å². The fraction of sp³-hybridized carbons (Fsp3) is 0.417. The van der Waals surface area contributed by atoms with Crippen molar-refractivity contribution in [1.29, 1.82) is 0 Å². The Balaban J connectivity index is 2.88. The molecule has 1 aromatic rings. The first-order valence-corrected chi connectivity index (χ1v) is 7.05. The Hall–Kier alpha value is -0.870. The van der Waals surface area contributed by atoms with Gasteiger partial charge in [-0.25, -0.2) is 0 Å². The third-order valence-corrected chi connectivity index (χ3v) is 3.59. The lowest BCUT2D eigenvalue weighted by atomic mass is 10.1. The second kappa shape index (κ2) is 6.17. The molecule has 1 aromatic carbocycles. The van der Waals surface area contributed by atoms with Crippen LogP contribution >= 0.6 is 23.4 Å². The van der Waals surface area contributed by atoms with E-state index in [-0.39, 0.29) is 11.9 Å². The monoisotopic (exact) mass is 272 g/mol. The summed E-state index contributed by atoms with van der Waals surface area (Å²) in [6.07, 6.45) is 2.02. The average Bonchev–Trinajstić information content (AvgIpc) is 2.26. The van der Waals surface area contributed by atoms with E-state index in [0.717, 1.165) is 5.75 Å². The molecule has 0 aliphatic rings. The molecule has 0 aliphatic heterocycles. The summed E-state index contributed by atoms with van der Waals surface area (Å²) in [5, 5.41) is 0.485. The van der Waals surface area contributed by atoms with Gasteiger partial charge in [0.15, 0.2) is 0 Å². The van der Waals surface area contributed by atoms with Crippen LogP contribution in [-0.4, -0.2) is 35.9 Å². The summed E-state index contributed by atoms with van der Waals surface area (Å²) in [6, 6.07) is 5.10. The molecule has 0 heterocycles. The van der Waals surface area contributed by atoms with Crippen molar-refractivity contribution in [3.8, 4) is 0 Å². The number of benzene rings is 1. The van der Waals surface area contributed by atoms with Crippen molar-refractivity contribution in [2.75, 3.05) is 24.8 Å². The normalized spacial score (nSPS) is 12.2. The van der Waals surface area contributed by atoms with E-state index in [4.69, 9.17) is 17.3 Å². The van der Waals surface area contributed by atoms with E-state index in [0.29, 0.717) is 16.3 Å². The maximum atomic E-state index is 12.2. The van der Waals surface area contributed by atoms with Crippen LogP contribution in [0.3, 0.4) is 0 Å². The molecule has 0 fully saturated rings. The van der Waals surface area contributed by atoms with Crippen molar-refractivity contribution < 1.29 is 4.79 Å². The minimum atomic E-state index is -0.0549. The summed E-state index contributed by atoms with van der Waals surface area (Å²) in [5.74, 6) is 0.846. The smallest absolute Gasteiger partial charge is 0.253 e. The molecule has 0 bridgehead atoms. The van der Waals surface area contributed by atoms with Gasteiger partial charge in [-0.1, -0.05) is 11.6 Å². The molecule has 1 atom stereocenters. The number of hydrogen-bond donors (Lipinski definition) is 1. The standard InChI is InChI=1S/C12H17ClN2OS/c1-8(7-17-3)15(2)12(16)9-4-10(13)6-11(14)5-9/h4-6,8H,7,14H2,1-3H3. The van der Waals surface area contributed by atoms with Gasteiger partial charge in [-0.05, 0) is 31.4 Å². The minimum Gasteiger partial charge on any atom is -0.399 e. The fourth-order valence-corrected chi connectivity index (χ4v) is 2.44. The van der Waals surface area contributed by atoms with Gasteiger partial charge < -0.3 is 10.6 Å². The first kappa shape index (κ1) is 14.2. The molecule has 1 rings (SSSR count). The highest BCUT2D eigenvalue weighted by atomic mass is 35.5. The molecular formula is C12H17ClN2OS. The topological polar surface area (TPSA) is 46.3 Å². The van der Waals surface area contributed by atoms with Crippen molar-refractivity contribution in [3.05, 3.63) is 28.8 Å². The lowest BCUT2D eigenvalue weighted by Crippen LogP contribution is -2.36. The van der Waals surface area contributed by atoms with Crippen LogP contribution in [0, 0.1) is 0 Å². The Kier molecular flexibility index (Phi) is 5.15. The van der Waals surface area contributed by atoms with Crippen molar-refractivity contribution in [1.82, 2.24) is 4.90 Å². The molecule has 0 aromatic heterocycles. The number of nitrogens with zero attached hydrogens (tertiary/aromatic N) is 1. The zero-order valence-corrected chi connectivity index (χ0v) is 11.8. The Bertz CT molecular complexity index is 391. The van der Waals surface area contributed by atoms with E-state index in [1.54, 1.807) is 41.9 Å². The van der Waals surface area contributed by atoms with Crippen molar-refractivity contribution in [3.63, 3.8) is 0 Å². The van der Waals surface area contributed by atoms with Gasteiger partial charge >= 0.3 is 0 Å². The van der Waals surface area contributed by atoms with Crippen LogP contribution < -0.4 is 5.73 Å². The van der Waals surface area contributed by atoms with Crippen LogP contribution in [0.5, 0.6) is 0 Å². The van der Waals surface area contributed by atoms with E-state index in [2.05, 4.69) is 0 Å². The highest BCUT2D eigenvalue weighted by Crippen LogP contribution is 2.18. The Morgan fingerprint density at radius 3 is 2.71 bits per heavy atom. The highest BCUT2D eigenvalue weighted by molar-refractivity contribution is 7.98. The van der Waals surface area contributed by atoms with E-state index in [1.807, 2.05) is 13.2 Å². The molecule has 17 heavy (non-hydrogen) atoms. The molecular weight excluding hydrogens is 256 g/mol. The summed E-state index contributed by atoms with van der Waals surface area (Å²) in [4.78, 5) is 13.9. The lowest BCUT2D eigenvalue weighted by Gasteiger charge is -2.24. The van der Waals surface area contributed by atoms with E-state index in [1.165, 1.54) is 0 Å². The minimum absolute atomic E-state index is 0.0549. The third-order valence-electron chi connectivity index (χ3n) is 2.56. The second-order valence-electron chi connectivity index (χ2n) is 3.99. The van der Waals surface area contributed by atoms with Crippen molar-refractivity contribution in [2.24, 2.45) is 0 Å². The van der Waals surface area contributed by atoms with Crippen LogP contribution in [0.1, 0.15) is 17.3 Å². The summed E-state index contributed by atoms with van der Waals surface area (Å²) in [6.45, 7) is 2.02. The van der Waals surface area contributed by atoms with Crippen molar-refractivity contribution >= 4 is 35.0 Å². The number of carbonyl (C=O) groups excluding carboxylic acids is 1. The number of amides is 1. The molecule has 0 aliphatic carbocycles. The van der Waals surface area contributed by atoms with Gasteiger partial charge in [-0.2, -0.15) is 11.8 Å². The van der Waals surface area contributed by atoms with Gasteiger partial charge in [0.2, 0.25) is 0 Å². The number of anilines is 1. The fourth-order valence-electron chi connectivity index (χ4n) is 1.49. The van der Waals surface area contributed by atoms with Gasteiger partial charge in [-0.15, -0.1) is 0 Å². The summed E-state index contributed by atoms with van der Waals surface area (Å²) in [5.41, 5.74) is 6.71. The SMILES string of the molecule is CSCC(C)N(C)C(=O)c1cc(N)cc(Cl)c1. The summed E-state index contributed by atoms with van der Waals surface area (Å²) in [7, 11) is 1.79. The number of thioether (sulfide) groups is 1. The van der Waals surface area contributed by atoms with Gasteiger partial charge in [0.05, 0.1) is 0 Å². The number of nitrogen functional groups attached to an aromatic ring is 1. The summed E-state index contributed by atoms with van der Waals surface area (Å²) >= 11 is 7.60. The van der Waals surface area contributed by atoms with Crippen LogP contribution in [0.4, 0.5) is 5.69 Å². The van der Waals surface area contributed by atoms with E-state index < -0.39 is 0 Å². The molecule has 1 amide bonds. The molecule has 2 N–H and O–H groups in total. The molecule has 3 nitrogen and oxygen atoms in total. The molecule has 0 spiro atoms. The molecule has 0 saturated heterocycles. The van der Waals surface area contributed by atoms with Crippen LogP contribution in [-0.2, 0) is 0 Å². The lowest BCUT2D eigenvalue weighted by molar-refractivity contribution is 0.0757. The third kappa shape index (κ3) is 3.82. The van der Waals surface area contributed by atoms with Crippen molar-refractivity contribution in [2.45, 2.75) is 13.0 Å². The predicted octanol–water partition coefficient (Wildman–Crippen LogP) is 2.75. The zero-order valence-electron chi connectivity index (χ0n) is 10.2. The highest BCUT2D eigenvalue weighted by Gasteiger charge is 2.17. The zero-order chi connectivity index (χ0) is 13.0. The van der Waals surface area contributed by atoms with Gasteiger partial charge in [-0.3, -0.25) is 4.79 Å².